The van der Waals surface area contributed by atoms with Crippen LogP contribution in [0.25, 0.3) is 5.57 Å². The summed E-state index contributed by atoms with van der Waals surface area (Å²) in [5.74, 6) is 0.788. The predicted molar refractivity (Wildman–Crippen MR) is 70.6 cm³/mol. The van der Waals surface area contributed by atoms with E-state index in [0.29, 0.717) is 45.2 Å². The molecular weight excluding hydrogens is 260 g/mol. The fourth-order valence-corrected chi connectivity index (χ4v) is 2.50. The molecule has 0 atom stereocenters. The van der Waals surface area contributed by atoms with Crippen molar-refractivity contribution in [3.8, 4) is 0 Å². The third-order valence-electron chi connectivity index (χ3n) is 3.59. The van der Waals surface area contributed by atoms with Crippen molar-refractivity contribution in [1.29, 1.82) is 0 Å². The van der Waals surface area contributed by atoms with Crippen molar-refractivity contribution >= 4 is 11.5 Å². The van der Waals surface area contributed by atoms with E-state index in [1.54, 1.807) is 0 Å². The summed E-state index contributed by atoms with van der Waals surface area (Å²) in [5.41, 5.74) is 1.03. The van der Waals surface area contributed by atoms with Gasteiger partial charge in [-0.3, -0.25) is 9.69 Å². The Kier molecular flexibility index (Phi) is 4.03. The van der Waals surface area contributed by atoms with E-state index >= 15 is 0 Å². The molecule has 1 amide bonds. The number of morpholine rings is 1. The molecule has 0 bridgehead atoms. The quantitative estimate of drug-likeness (QED) is 0.775. The van der Waals surface area contributed by atoms with Gasteiger partial charge in [0.15, 0.2) is 0 Å². The van der Waals surface area contributed by atoms with E-state index < -0.39 is 0 Å². The van der Waals surface area contributed by atoms with Crippen LogP contribution in [-0.2, 0) is 9.53 Å². The number of aromatic amines is 1. The summed E-state index contributed by atoms with van der Waals surface area (Å²) in [6.45, 7) is 4.68. The van der Waals surface area contributed by atoms with Gasteiger partial charge >= 0.3 is 0 Å². The molecular formula is C12H18N6O2. The van der Waals surface area contributed by atoms with Crippen LogP contribution in [0.4, 0.5) is 0 Å². The molecule has 1 aromatic heterocycles. The van der Waals surface area contributed by atoms with Crippen LogP contribution in [0.2, 0.25) is 0 Å². The van der Waals surface area contributed by atoms with Gasteiger partial charge in [-0.15, -0.1) is 10.2 Å². The molecule has 8 heteroatoms. The number of hydrogen-bond acceptors (Lipinski definition) is 6. The lowest BCUT2D eigenvalue weighted by atomic mass is 10.1. The van der Waals surface area contributed by atoms with E-state index in [2.05, 4.69) is 31.6 Å². The number of rotatable bonds is 3. The number of hydrogen-bond donors (Lipinski definition) is 1. The van der Waals surface area contributed by atoms with Gasteiger partial charge in [0.1, 0.15) is 0 Å². The fraction of sp³-hybridized carbons (Fsp3) is 0.667. The lowest BCUT2D eigenvalue weighted by Gasteiger charge is -2.31. The zero-order valence-electron chi connectivity index (χ0n) is 11.3. The van der Waals surface area contributed by atoms with Crippen molar-refractivity contribution in [3.63, 3.8) is 0 Å². The second kappa shape index (κ2) is 6.10. The Balaban J connectivity index is 1.56. The lowest BCUT2D eigenvalue weighted by Crippen LogP contribution is -2.46. The molecule has 0 saturated carbocycles. The number of amides is 1. The number of ether oxygens (including phenoxy) is 1. The molecule has 8 nitrogen and oxygen atoms in total. The van der Waals surface area contributed by atoms with Gasteiger partial charge in [-0.2, -0.15) is 5.21 Å². The molecule has 0 unspecified atom stereocenters. The molecule has 0 aliphatic carbocycles. The van der Waals surface area contributed by atoms with Crippen molar-refractivity contribution in [2.75, 3.05) is 45.9 Å². The van der Waals surface area contributed by atoms with Crippen molar-refractivity contribution in [2.24, 2.45) is 0 Å². The van der Waals surface area contributed by atoms with Gasteiger partial charge in [-0.1, -0.05) is 6.08 Å². The number of nitrogens with one attached hydrogen (secondary N) is 1. The van der Waals surface area contributed by atoms with Crippen LogP contribution >= 0.6 is 0 Å². The third kappa shape index (κ3) is 3.02. The molecule has 1 fully saturated rings. The van der Waals surface area contributed by atoms with Crippen LogP contribution in [0.15, 0.2) is 6.08 Å². The highest BCUT2D eigenvalue weighted by molar-refractivity contribution is 5.78. The number of carbonyl (C=O) groups is 1. The monoisotopic (exact) mass is 278 g/mol. The highest BCUT2D eigenvalue weighted by Crippen LogP contribution is 2.16. The molecule has 0 aromatic carbocycles. The lowest BCUT2D eigenvalue weighted by molar-refractivity contribution is -0.136. The first-order chi connectivity index (χ1) is 9.83. The number of carbonyl (C=O) groups excluding carboxylic acids is 1. The minimum Gasteiger partial charge on any atom is -0.378 e. The largest absolute Gasteiger partial charge is 0.378 e. The number of H-pyrrole nitrogens is 1. The van der Waals surface area contributed by atoms with E-state index in [0.717, 1.165) is 18.5 Å². The molecule has 108 valence electrons. The van der Waals surface area contributed by atoms with E-state index in [-0.39, 0.29) is 5.91 Å². The minimum atomic E-state index is 0.169. The summed E-state index contributed by atoms with van der Waals surface area (Å²) in [6.07, 6.45) is 3.01. The average molecular weight is 278 g/mol. The number of nitrogens with zero attached hydrogens (tertiary/aromatic N) is 5. The summed E-state index contributed by atoms with van der Waals surface area (Å²) in [6, 6.07) is 0. The molecule has 3 rings (SSSR count). The summed E-state index contributed by atoms with van der Waals surface area (Å²) in [4.78, 5) is 16.2. The number of aromatic nitrogens is 4. The van der Waals surface area contributed by atoms with E-state index in [1.165, 1.54) is 0 Å². The number of tetrazole rings is 1. The first-order valence-corrected chi connectivity index (χ1v) is 6.83. The SMILES string of the molecule is O=C(CN1CCC=C(c2nn[nH]n2)C1)N1CCOCC1. The molecule has 2 aliphatic heterocycles. The fourth-order valence-electron chi connectivity index (χ4n) is 2.50. The first kappa shape index (κ1) is 13.2. The minimum absolute atomic E-state index is 0.169. The Hall–Kier alpha value is -1.80. The Morgan fingerprint density at radius 1 is 1.35 bits per heavy atom. The van der Waals surface area contributed by atoms with Crippen LogP contribution in [0.3, 0.4) is 0 Å². The van der Waals surface area contributed by atoms with Gasteiger partial charge < -0.3 is 9.64 Å². The van der Waals surface area contributed by atoms with Crippen LogP contribution in [0.1, 0.15) is 12.2 Å². The maximum atomic E-state index is 12.2. The summed E-state index contributed by atoms with van der Waals surface area (Å²) in [7, 11) is 0. The van der Waals surface area contributed by atoms with Gasteiger partial charge in [0.2, 0.25) is 11.7 Å². The zero-order chi connectivity index (χ0) is 13.8. The van der Waals surface area contributed by atoms with Crippen molar-refractivity contribution in [2.45, 2.75) is 6.42 Å². The maximum Gasteiger partial charge on any atom is 0.236 e. The van der Waals surface area contributed by atoms with Crippen molar-refractivity contribution < 1.29 is 9.53 Å². The summed E-state index contributed by atoms with van der Waals surface area (Å²) in [5, 5.41) is 14.0. The van der Waals surface area contributed by atoms with Gasteiger partial charge in [0.25, 0.3) is 0 Å². The molecule has 20 heavy (non-hydrogen) atoms. The zero-order valence-corrected chi connectivity index (χ0v) is 11.3. The predicted octanol–water partition coefficient (Wildman–Crippen LogP) is -0.852. The van der Waals surface area contributed by atoms with Gasteiger partial charge in [-0.25, -0.2) is 0 Å². The maximum absolute atomic E-state index is 12.2. The van der Waals surface area contributed by atoms with Gasteiger partial charge in [-0.05, 0) is 11.6 Å². The first-order valence-electron chi connectivity index (χ1n) is 6.83. The summed E-state index contributed by atoms with van der Waals surface area (Å²) >= 11 is 0. The highest BCUT2D eigenvalue weighted by atomic mass is 16.5. The van der Waals surface area contributed by atoms with Crippen LogP contribution in [0.5, 0.6) is 0 Å². The van der Waals surface area contributed by atoms with Gasteiger partial charge in [0, 0.05) is 31.8 Å². The standard InChI is InChI=1S/C12H18N6O2/c19-11(18-4-6-20-7-5-18)9-17-3-1-2-10(8-17)12-13-15-16-14-12/h2H,1,3-9H2,(H,13,14,15,16). The normalized spacial score (nSPS) is 20.8. The Labute approximate surface area is 116 Å². The average Bonchev–Trinajstić information content (AvgIpc) is 3.03. The van der Waals surface area contributed by atoms with E-state index in [9.17, 15) is 4.79 Å². The Morgan fingerprint density at radius 2 is 2.20 bits per heavy atom. The summed E-state index contributed by atoms with van der Waals surface area (Å²) < 4.78 is 5.26. The third-order valence-corrected chi connectivity index (χ3v) is 3.59. The molecule has 1 N–H and O–H groups in total. The highest BCUT2D eigenvalue weighted by Gasteiger charge is 2.22. The Morgan fingerprint density at radius 3 is 2.95 bits per heavy atom. The molecule has 3 heterocycles. The molecule has 2 aliphatic rings. The van der Waals surface area contributed by atoms with Crippen LogP contribution in [-0.4, -0.2) is 82.3 Å². The smallest absolute Gasteiger partial charge is 0.236 e. The van der Waals surface area contributed by atoms with Crippen LogP contribution < -0.4 is 0 Å². The molecule has 0 radical (unpaired) electrons. The second-order valence-electron chi connectivity index (χ2n) is 4.96. The van der Waals surface area contributed by atoms with Crippen molar-refractivity contribution in [1.82, 2.24) is 30.4 Å². The van der Waals surface area contributed by atoms with Gasteiger partial charge in [0.05, 0.1) is 19.8 Å². The van der Waals surface area contributed by atoms with Crippen molar-refractivity contribution in [3.05, 3.63) is 11.9 Å². The second-order valence-corrected chi connectivity index (χ2v) is 4.96. The topological polar surface area (TPSA) is 87.2 Å². The van der Waals surface area contributed by atoms with E-state index in [1.807, 2.05) is 4.90 Å². The molecule has 1 aromatic rings. The Bertz CT molecular complexity index is 480. The van der Waals surface area contributed by atoms with E-state index in [4.69, 9.17) is 4.74 Å². The molecule has 0 spiro atoms. The molecule has 1 saturated heterocycles. The van der Waals surface area contributed by atoms with Crippen LogP contribution in [0, 0.1) is 0 Å².